The molecule has 0 aliphatic rings. The highest BCUT2D eigenvalue weighted by molar-refractivity contribution is 6.29. The zero-order chi connectivity index (χ0) is 17.8. The Balaban J connectivity index is 1.83. The summed E-state index contributed by atoms with van der Waals surface area (Å²) in [5.41, 5.74) is 7.13. The molecule has 0 unspecified atom stereocenters. The van der Waals surface area contributed by atoms with E-state index in [-0.39, 0.29) is 6.42 Å². The highest BCUT2D eigenvalue weighted by Gasteiger charge is 2.21. The van der Waals surface area contributed by atoms with Gasteiger partial charge >= 0.3 is 0 Å². The first-order valence-corrected chi connectivity index (χ1v) is 7.97. The van der Waals surface area contributed by atoms with Crippen LogP contribution in [0.2, 0.25) is 5.15 Å². The topological polar surface area (TPSA) is 98.0 Å². The average molecular weight is 355 g/mol. The van der Waals surface area contributed by atoms with Gasteiger partial charge < -0.3 is 11.1 Å². The molecule has 6 nitrogen and oxygen atoms in total. The van der Waals surface area contributed by atoms with Gasteiger partial charge in [-0.2, -0.15) is 0 Å². The number of aromatic nitrogens is 2. The van der Waals surface area contributed by atoms with E-state index < -0.39 is 17.9 Å². The number of amides is 2. The number of nitrogens with zero attached hydrogens (tertiary/aromatic N) is 2. The van der Waals surface area contributed by atoms with E-state index in [1.165, 1.54) is 0 Å². The summed E-state index contributed by atoms with van der Waals surface area (Å²) in [6.45, 7) is 0. The number of hydrogen-bond acceptors (Lipinski definition) is 4. The first-order chi connectivity index (χ1) is 12.0. The quantitative estimate of drug-likeness (QED) is 0.685. The maximum Gasteiger partial charge on any atom is 0.254 e. The van der Waals surface area contributed by atoms with Crippen molar-refractivity contribution in [3.05, 3.63) is 71.1 Å². The Labute approximate surface area is 149 Å². The monoisotopic (exact) mass is 354 g/mol. The summed E-state index contributed by atoms with van der Waals surface area (Å²) in [5.74, 6) is -1.04. The molecule has 0 aliphatic carbocycles. The standard InChI is InChI=1S/C18H15ClN4O2/c19-15-7-6-11(10-22-15)9-14(17(20)24)23-18(25)13-5-1-3-12-4-2-8-21-16(12)13/h1-8,10,14H,9H2,(H2,20,24)(H,23,25)/t14-/m0/s1. The molecule has 3 rings (SSSR count). The Morgan fingerprint density at radius 3 is 2.64 bits per heavy atom. The van der Waals surface area contributed by atoms with Gasteiger partial charge in [0.1, 0.15) is 11.2 Å². The summed E-state index contributed by atoms with van der Waals surface area (Å²) in [6.07, 6.45) is 3.39. The number of halogens is 1. The summed E-state index contributed by atoms with van der Waals surface area (Å²) in [7, 11) is 0. The number of primary amides is 1. The lowest BCUT2D eigenvalue weighted by Crippen LogP contribution is -2.45. The molecule has 25 heavy (non-hydrogen) atoms. The molecule has 7 heteroatoms. The Hall–Kier alpha value is -2.99. The minimum absolute atomic E-state index is 0.226. The maximum absolute atomic E-state index is 12.6. The lowest BCUT2D eigenvalue weighted by atomic mass is 10.1. The number of para-hydroxylation sites is 1. The number of pyridine rings is 2. The zero-order valence-electron chi connectivity index (χ0n) is 13.1. The predicted octanol–water partition coefficient (Wildman–Crippen LogP) is 2.11. The van der Waals surface area contributed by atoms with Crippen molar-refractivity contribution < 1.29 is 9.59 Å². The maximum atomic E-state index is 12.6. The molecule has 0 saturated carbocycles. The van der Waals surface area contributed by atoms with Gasteiger partial charge in [0.05, 0.1) is 11.1 Å². The van der Waals surface area contributed by atoms with Gasteiger partial charge in [0.15, 0.2) is 0 Å². The summed E-state index contributed by atoms with van der Waals surface area (Å²) < 4.78 is 0. The number of nitrogens with two attached hydrogens (primary N) is 1. The number of nitrogens with one attached hydrogen (secondary N) is 1. The van der Waals surface area contributed by atoms with Crippen molar-refractivity contribution in [2.24, 2.45) is 5.73 Å². The fourth-order valence-corrected chi connectivity index (χ4v) is 2.62. The highest BCUT2D eigenvalue weighted by Crippen LogP contribution is 2.16. The fraction of sp³-hybridized carbons (Fsp3) is 0.111. The first kappa shape index (κ1) is 16.9. The third-order valence-electron chi connectivity index (χ3n) is 3.75. The van der Waals surface area contributed by atoms with E-state index in [4.69, 9.17) is 17.3 Å². The van der Waals surface area contributed by atoms with Gasteiger partial charge in [-0.1, -0.05) is 35.9 Å². The predicted molar refractivity (Wildman–Crippen MR) is 95.1 cm³/mol. The van der Waals surface area contributed by atoms with Crippen LogP contribution in [-0.4, -0.2) is 27.8 Å². The van der Waals surface area contributed by atoms with Crippen LogP contribution in [0.1, 0.15) is 15.9 Å². The number of carbonyl (C=O) groups excluding carboxylic acids is 2. The van der Waals surface area contributed by atoms with Crippen molar-refractivity contribution in [1.29, 1.82) is 0 Å². The van der Waals surface area contributed by atoms with Gasteiger partial charge in [0.25, 0.3) is 5.91 Å². The zero-order valence-corrected chi connectivity index (χ0v) is 13.9. The van der Waals surface area contributed by atoms with Gasteiger partial charge in [-0.15, -0.1) is 0 Å². The second-order valence-electron chi connectivity index (χ2n) is 5.50. The Morgan fingerprint density at radius 1 is 1.12 bits per heavy atom. The molecule has 0 fully saturated rings. The van der Waals surface area contributed by atoms with Crippen LogP contribution in [0.25, 0.3) is 10.9 Å². The van der Waals surface area contributed by atoms with Crippen LogP contribution >= 0.6 is 11.6 Å². The number of benzene rings is 1. The van der Waals surface area contributed by atoms with Crippen molar-refractivity contribution in [1.82, 2.24) is 15.3 Å². The van der Waals surface area contributed by atoms with Crippen LogP contribution < -0.4 is 11.1 Å². The third kappa shape index (κ3) is 3.92. The molecule has 1 aromatic carbocycles. The number of rotatable bonds is 5. The van der Waals surface area contributed by atoms with Gasteiger partial charge in [-0.25, -0.2) is 4.98 Å². The summed E-state index contributed by atoms with van der Waals surface area (Å²) in [4.78, 5) is 32.6. The van der Waals surface area contributed by atoms with E-state index in [0.29, 0.717) is 16.2 Å². The molecule has 2 amide bonds. The Kier molecular flexibility index (Phi) is 4.90. The van der Waals surface area contributed by atoms with Gasteiger partial charge in [0, 0.05) is 24.2 Å². The highest BCUT2D eigenvalue weighted by atomic mass is 35.5. The van der Waals surface area contributed by atoms with Gasteiger partial charge in [-0.3, -0.25) is 14.6 Å². The smallest absolute Gasteiger partial charge is 0.254 e. The van der Waals surface area contributed by atoms with E-state index in [0.717, 1.165) is 10.9 Å². The Morgan fingerprint density at radius 2 is 1.92 bits per heavy atom. The fourth-order valence-electron chi connectivity index (χ4n) is 2.51. The van der Waals surface area contributed by atoms with E-state index >= 15 is 0 Å². The molecule has 0 radical (unpaired) electrons. The molecule has 0 saturated heterocycles. The average Bonchev–Trinajstić information content (AvgIpc) is 2.62. The van der Waals surface area contributed by atoms with Gasteiger partial charge in [0.2, 0.25) is 5.91 Å². The molecule has 0 spiro atoms. The lowest BCUT2D eigenvalue weighted by molar-refractivity contribution is -0.119. The normalized spacial score (nSPS) is 11.9. The molecule has 3 N–H and O–H groups in total. The van der Waals surface area contributed by atoms with Crippen LogP contribution in [0, 0.1) is 0 Å². The minimum Gasteiger partial charge on any atom is -0.368 e. The van der Waals surface area contributed by atoms with E-state index in [1.54, 1.807) is 42.7 Å². The minimum atomic E-state index is -0.866. The van der Waals surface area contributed by atoms with Crippen LogP contribution in [-0.2, 0) is 11.2 Å². The summed E-state index contributed by atoms with van der Waals surface area (Å²) >= 11 is 5.75. The third-order valence-corrected chi connectivity index (χ3v) is 3.98. The number of fused-ring (bicyclic) bond motifs is 1. The van der Waals surface area contributed by atoms with Crippen LogP contribution in [0.4, 0.5) is 0 Å². The van der Waals surface area contributed by atoms with Crippen molar-refractivity contribution in [3.63, 3.8) is 0 Å². The van der Waals surface area contributed by atoms with E-state index in [9.17, 15) is 9.59 Å². The molecule has 2 heterocycles. The summed E-state index contributed by atoms with van der Waals surface area (Å²) in [6, 6.07) is 11.4. The van der Waals surface area contributed by atoms with E-state index in [1.807, 2.05) is 12.1 Å². The van der Waals surface area contributed by atoms with Gasteiger partial charge in [-0.05, 0) is 23.8 Å². The van der Waals surface area contributed by atoms with Crippen molar-refractivity contribution in [2.75, 3.05) is 0 Å². The van der Waals surface area contributed by atoms with Crippen molar-refractivity contribution >= 4 is 34.3 Å². The Bertz CT molecular complexity index is 923. The van der Waals surface area contributed by atoms with E-state index in [2.05, 4.69) is 15.3 Å². The lowest BCUT2D eigenvalue weighted by Gasteiger charge is -2.16. The largest absolute Gasteiger partial charge is 0.368 e. The SMILES string of the molecule is NC(=O)[C@H](Cc1ccc(Cl)nc1)NC(=O)c1cccc2cccnc12. The van der Waals surface area contributed by atoms with Crippen LogP contribution in [0.5, 0.6) is 0 Å². The van der Waals surface area contributed by atoms with Crippen LogP contribution in [0.3, 0.4) is 0 Å². The molecular formula is C18H15ClN4O2. The van der Waals surface area contributed by atoms with Crippen molar-refractivity contribution in [2.45, 2.75) is 12.5 Å². The molecular weight excluding hydrogens is 340 g/mol. The second kappa shape index (κ2) is 7.27. The second-order valence-corrected chi connectivity index (χ2v) is 5.89. The molecule has 3 aromatic rings. The first-order valence-electron chi connectivity index (χ1n) is 7.59. The molecule has 1 atom stereocenters. The molecule has 2 aromatic heterocycles. The molecule has 0 aliphatic heterocycles. The number of carbonyl (C=O) groups is 2. The van der Waals surface area contributed by atoms with Crippen molar-refractivity contribution in [3.8, 4) is 0 Å². The van der Waals surface area contributed by atoms with Crippen LogP contribution in [0.15, 0.2) is 54.9 Å². The molecule has 0 bridgehead atoms. The summed E-state index contributed by atoms with van der Waals surface area (Å²) in [5, 5.41) is 3.87. The number of hydrogen-bond donors (Lipinski definition) is 2. The molecule has 126 valence electrons.